The Morgan fingerprint density at radius 1 is 1.09 bits per heavy atom. The third kappa shape index (κ3) is 5.10. The predicted octanol–water partition coefficient (Wildman–Crippen LogP) is 5.41. The van der Waals surface area contributed by atoms with Gasteiger partial charge < -0.3 is 9.47 Å². The lowest BCUT2D eigenvalue weighted by Crippen LogP contribution is -2.09. The summed E-state index contributed by atoms with van der Waals surface area (Å²) in [6, 6.07) is 12.8. The second-order valence-corrected chi connectivity index (χ2v) is 6.09. The molecule has 0 aromatic heterocycles. The number of hydrogen-bond acceptors (Lipinski definition) is 3. The summed E-state index contributed by atoms with van der Waals surface area (Å²) < 4.78 is 11.8. The first kappa shape index (κ1) is 17.5. The van der Waals surface area contributed by atoms with Gasteiger partial charge in [0, 0.05) is 0 Å². The summed E-state index contributed by atoms with van der Waals surface area (Å²) in [4.78, 5) is 12.2. The number of carbonyl (C=O) groups excluding carboxylic acids is 1. The van der Waals surface area contributed by atoms with E-state index in [-0.39, 0.29) is 5.97 Å². The van der Waals surface area contributed by atoms with Crippen LogP contribution in [-0.4, -0.2) is 12.6 Å². The van der Waals surface area contributed by atoms with Crippen LogP contribution >= 0.6 is 15.9 Å². The lowest BCUT2D eigenvalue weighted by molar-refractivity contribution is 0.0734. The van der Waals surface area contributed by atoms with E-state index in [1.165, 1.54) is 5.56 Å². The molecule has 0 atom stereocenters. The molecule has 0 radical (unpaired) electrons. The summed E-state index contributed by atoms with van der Waals surface area (Å²) in [7, 11) is 0. The van der Waals surface area contributed by atoms with E-state index in [9.17, 15) is 4.79 Å². The lowest BCUT2D eigenvalue weighted by Gasteiger charge is -2.09. The van der Waals surface area contributed by atoms with Gasteiger partial charge in [-0.2, -0.15) is 0 Å². The maximum atomic E-state index is 12.2. The van der Waals surface area contributed by atoms with Crippen LogP contribution in [0, 0.1) is 0 Å². The molecule has 0 saturated carbocycles. The maximum absolute atomic E-state index is 12.2. The van der Waals surface area contributed by atoms with E-state index < -0.39 is 0 Å². The van der Waals surface area contributed by atoms with Crippen molar-refractivity contribution in [3.63, 3.8) is 0 Å². The molecule has 4 heteroatoms. The number of aryl methyl sites for hydroxylation is 1. The third-order valence-corrected chi connectivity index (χ3v) is 4.08. The van der Waals surface area contributed by atoms with Gasteiger partial charge in [0.1, 0.15) is 11.5 Å². The molecule has 0 N–H and O–H groups in total. The average molecular weight is 377 g/mol. The molecule has 3 nitrogen and oxygen atoms in total. The number of unbranched alkanes of at least 4 members (excludes halogenated alkanes) is 1. The molecule has 2 aromatic carbocycles. The molecule has 0 amide bonds. The Morgan fingerprint density at radius 3 is 2.43 bits per heavy atom. The third-order valence-electron chi connectivity index (χ3n) is 3.47. The van der Waals surface area contributed by atoms with Gasteiger partial charge in [0.15, 0.2) is 0 Å². The minimum Gasteiger partial charge on any atom is -0.492 e. The van der Waals surface area contributed by atoms with Crippen LogP contribution in [0.15, 0.2) is 46.9 Å². The van der Waals surface area contributed by atoms with Gasteiger partial charge in [-0.25, -0.2) is 4.79 Å². The Bertz CT molecular complexity index is 650. The molecule has 0 bridgehead atoms. The van der Waals surface area contributed by atoms with Crippen molar-refractivity contribution in [2.45, 2.75) is 33.1 Å². The summed E-state index contributed by atoms with van der Waals surface area (Å²) in [5.74, 6) is 0.906. The first-order chi connectivity index (χ1) is 11.1. The number of esters is 1. The molecular weight excluding hydrogens is 356 g/mol. The van der Waals surface area contributed by atoms with Crippen molar-refractivity contribution in [3.05, 3.63) is 58.1 Å². The van der Waals surface area contributed by atoms with Crippen LogP contribution in [0.4, 0.5) is 0 Å². The van der Waals surface area contributed by atoms with E-state index >= 15 is 0 Å². The second-order valence-electron chi connectivity index (χ2n) is 5.23. The zero-order valence-corrected chi connectivity index (χ0v) is 15.1. The number of ether oxygens (including phenoxy) is 2. The fraction of sp³-hybridized carbons (Fsp3) is 0.316. The number of halogens is 1. The number of carbonyl (C=O) groups is 1. The van der Waals surface area contributed by atoms with E-state index in [4.69, 9.17) is 9.47 Å². The van der Waals surface area contributed by atoms with E-state index in [1.807, 2.05) is 24.3 Å². The summed E-state index contributed by atoms with van der Waals surface area (Å²) in [6.45, 7) is 4.87. The highest BCUT2D eigenvalue weighted by molar-refractivity contribution is 9.10. The van der Waals surface area contributed by atoms with Crippen molar-refractivity contribution in [1.29, 1.82) is 0 Å². The lowest BCUT2D eigenvalue weighted by atomic mass is 10.2. The number of benzene rings is 2. The fourth-order valence-corrected chi connectivity index (χ4v) is 2.52. The monoisotopic (exact) mass is 376 g/mol. The molecule has 0 saturated heterocycles. The second kappa shape index (κ2) is 8.73. The van der Waals surface area contributed by atoms with Crippen LogP contribution in [0.3, 0.4) is 0 Å². The van der Waals surface area contributed by atoms with Gasteiger partial charge in [-0.05, 0) is 64.7 Å². The first-order valence-electron chi connectivity index (χ1n) is 7.87. The van der Waals surface area contributed by atoms with E-state index in [2.05, 4.69) is 29.8 Å². The zero-order chi connectivity index (χ0) is 16.7. The van der Waals surface area contributed by atoms with Gasteiger partial charge in [-0.3, -0.25) is 0 Å². The van der Waals surface area contributed by atoms with Crippen LogP contribution < -0.4 is 9.47 Å². The Labute approximate surface area is 145 Å². The van der Waals surface area contributed by atoms with Gasteiger partial charge in [0.25, 0.3) is 0 Å². The SMILES string of the molecule is CCCCOc1ccc(C(=O)Oc2ccc(CC)cc2)cc1Br. The number of hydrogen-bond donors (Lipinski definition) is 0. The van der Waals surface area contributed by atoms with Crippen molar-refractivity contribution < 1.29 is 14.3 Å². The predicted molar refractivity (Wildman–Crippen MR) is 95.3 cm³/mol. The van der Waals surface area contributed by atoms with E-state index in [0.29, 0.717) is 17.9 Å². The molecule has 0 spiro atoms. The molecule has 122 valence electrons. The van der Waals surface area contributed by atoms with Gasteiger partial charge in [0.2, 0.25) is 0 Å². The van der Waals surface area contributed by atoms with Crippen LogP contribution in [0.25, 0.3) is 0 Å². The highest BCUT2D eigenvalue weighted by Crippen LogP contribution is 2.27. The van der Waals surface area contributed by atoms with Crippen LogP contribution in [0.1, 0.15) is 42.6 Å². The zero-order valence-electron chi connectivity index (χ0n) is 13.5. The summed E-state index contributed by atoms with van der Waals surface area (Å²) >= 11 is 3.44. The molecule has 23 heavy (non-hydrogen) atoms. The van der Waals surface area contributed by atoms with Crippen molar-refractivity contribution >= 4 is 21.9 Å². The molecule has 2 aromatic rings. The Kier molecular flexibility index (Phi) is 6.66. The standard InChI is InChI=1S/C19H21BrO3/c1-3-5-12-22-18-11-8-15(13-17(18)20)19(21)23-16-9-6-14(4-2)7-10-16/h6-11,13H,3-5,12H2,1-2H3. The maximum Gasteiger partial charge on any atom is 0.343 e. The van der Waals surface area contributed by atoms with E-state index in [0.717, 1.165) is 29.5 Å². The largest absolute Gasteiger partial charge is 0.492 e. The van der Waals surface area contributed by atoms with Gasteiger partial charge in [-0.15, -0.1) is 0 Å². The first-order valence-corrected chi connectivity index (χ1v) is 8.66. The molecule has 0 aliphatic carbocycles. The average Bonchev–Trinajstić information content (AvgIpc) is 2.57. The van der Waals surface area contributed by atoms with E-state index in [1.54, 1.807) is 18.2 Å². The highest BCUT2D eigenvalue weighted by atomic mass is 79.9. The van der Waals surface area contributed by atoms with Crippen molar-refractivity contribution in [2.75, 3.05) is 6.61 Å². The smallest absolute Gasteiger partial charge is 0.343 e. The van der Waals surface area contributed by atoms with Crippen molar-refractivity contribution in [2.24, 2.45) is 0 Å². The number of rotatable bonds is 7. The quantitative estimate of drug-likeness (QED) is 0.368. The minimum atomic E-state index is -0.380. The minimum absolute atomic E-state index is 0.380. The Morgan fingerprint density at radius 2 is 1.83 bits per heavy atom. The topological polar surface area (TPSA) is 35.5 Å². The van der Waals surface area contributed by atoms with Crippen molar-refractivity contribution in [1.82, 2.24) is 0 Å². The van der Waals surface area contributed by atoms with Crippen LogP contribution in [0.5, 0.6) is 11.5 Å². The molecule has 0 heterocycles. The molecule has 0 aliphatic rings. The molecule has 0 unspecified atom stereocenters. The Balaban J connectivity index is 2.02. The van der Waals surface area contributed by atoms with Gasteiger partial charge >= 0.3 is 5.97 Å². The van der Waals surface area contributed by atoms with Gasteiger partial charge in [0.05, 0.1) is 16.6 Å². The molecular formula is C19H21BrO3. The summed E-state index contributed by atoms with van der Waals surface area (Å²) in [6.07, 6.45) is 3.05. The summed E-state index contributed by atoms with van der Waals surface area (Å²) in [5, 5.41) is 0. The van der Waals surface area contributed by atoms with Crippen molar-refractivity contribution in [3.8, 4) is 11.5 Å². The summed E-state index contributed by atoms with van der Waals surface area (Å²) in [5.41, 5.74) is 1.69. The van der Waals surface area contributed by atoms with Crippen LogP contribution in [0.2, 0.25) is 0 Å². The fourth-order valence-electron chi connectivity index (χ4n) is 2.03. The normalized spacial score (nSPS) is 10.4. The van der Waals surface area contributed by atoms with Gasteiger partial charge in [-0.1, -0.05) is 32.4 Å². The molecule has 0 aliphatic heterocycles. The Hall–Kier alpha value is -1.81. The van der Waals surface area contributed by atoms with Crippen LogP contribution in [-0.2, 0) is 6.42 Å². The molecule has 0 fully saturated rings. The highest BCUT2D eigenvalue weighted by Gasteiger charge is 2.11. The molecule has 2 rings (SSSR count).